The van der Waals surface area contributed by atoms with Gasteiger partial charge in [-0.05, 0) is 12.3 Å². The summed E-state index contributed by atoms with van der Waals surface area (Å²) in [6.45, 7) is 0.446. The first-order chi connectivity index (χ1) is 7.66. The van der Waals surface area contributed by atoms with Crippen LogP contribution in [-0.2, 0) is 9.53 Å². The number of Topliss-reactive ketones (excluding diaryl/α,β-unsaturated/α-hetero) is 1. The lowest BCUT2D eigenvalue weighted by molar-refractivity contribution is -0.122. The molecule has 2 atom stereocenters. The Hall–Kier alpha value is -1.10. The molecular formula is C11H17NO4. The largest absolute Gasteiger partial charge is 0.465 e. The lowest BCUT2D eigenvalue weighted by Crippen LogP contribution is -2.43. The quantitative estimate of drug-likeness (QED) is 0.691. The molecule has 2 N–H and O–H groups in total. The second-order valence-corrected chi connectivity index (χ2v) is 4.61. The van der Waals surface area contributed by atoms with E-state index in [2.05, 4.69) is 5.32 Å². The molecular weight excluding hydrogens is 210 g/mol. The van der Waals surface area contributed by atoms with Crippen LogP contribution in [0.15, 0.2) is 0 Å². The van der Waals surface area contributed by atoms with E-state index in [1.807, 2.05) is 0 Å². The fourth-order valence-corrected chi connectivity index (χ4v) is 2.41. The van der Waals surface area contributed by atoms with E-state index in [-0.39, 0.29) is 11.9 Å². The minimum Gasteiger partial charge on any atom is -0.465 e. The molecule has 90 valence electrons. The summed E-state index contributed by atoms with van der Waals surface area (Å²) in [5.41, 5.74) is 0. The van der Waals surface area contributed by atoms with Gasteiger partial charge in [-0.3, -0.25) is 4.79 Å². The van der Waals surface area contributed by atoms with Gasteiger partial charge in [-0.15, -0.1) is 0 Å². The van der Waals surface area contributed by atoms with Crippen molar-refractivity contribution in [3.8, 4) is 0 Å². The maximum atomic E-state index is 11.8. The summed E-state index contributed by atoms with van der Waals surface area (Å²) in [5.74, 6) is 0.383. The molecule has 1 saturated heterocycles. The number of carbonyl (C=O) groups is 2. The van der Waals surface area contributed by atoms with Crippen molar-refractivity contribution in [2.24, 2.45) is 5.92 Å². The molecule has 0 aromatic heterocycles. The zero-order valence-corrected chi connectivity index (χ0v) is 9.15. The third-order valence-electron chi connectivity index (χ3n) is 3.34. The third kappa shape index (κ3) is 2.95. The normalized spacial score (nSPS) is 26.4. The Morgan fingerprint density at radius 1 is 1.38 bits per heavy atom. The van der Waals surface area contributed by atoms with Gasteiger partial charge >= 0.3 is 6.09 Å². The minimum atomic E-state index is -1.13. The average Bonchev–Trinajstić information content (AvgIpc) is 2.95. The van der Waals surface area contributed by atoms with E-state index in [1.54, 1.807) is 0 Å². The Morgan fingerprint density at radius 3 is 2.50 bits per heavy atom. The van der Waals surface area contributed by atoms with Crippen molar-refractivity contribution in [1.82, 2.24) is 5.32 Å². The molecule has 1 saturated carbocycles. The van der Waals surface area contributed by atoms with Crippen LogP contribution >= 0.6 is 0 Å². The summed E-state index contributed by atoms with van der Waals surface area (Å²) in [5, 5.41) is 11.0. The fraction of sp³-hybridized carbons (Fsp3) is 0.818. The predicted octanol–water partition coefficient (Wildman–Crippen LogP) is 1.17. The standard InChI is InChI=1S/C11H17NO4/c13-10(9-6-16-9)8(12-11(14)15)5-7-3-1-2-4-7/h7-9,12H,1-6H2,(H,14,15)/t8-,9+/m0/s1. The van der Waals surface area contributed by atoms with Gasteiger partial charge in [-0.25, -0.2) is 4.79 Å². The molecule has 2 rings (SSSR count). The first-order valence-electron chi connectivity index (χ1n) is 5.81. The van der Waals surface area contributed by atoms with Gasteiger partial charge in [0.05, 0.1) is 12.6 Å². The van der Waals surface area contributed by atoms with Crippen LogP contribution in [0.1, 0.15) is 32.1 Å². The van der Waals surface area contributed by atoms with Gasteiger partial charge in [0.1, 0.15) is 6.10 Å². The van der Waals surface area contributed by atoms with E-state index in [0.29, 0.717) is 18.9 Å². The van der Waals surface area contributed by atoms with Crippen molar-refractivity contribution >= 4 is 11.9 Å². The van der Waals surface area contributed by atoms with Crippen molar-refractivity contribution in [3.05, 3.63) is 0 Å². The van der Waals surface area contributed by atoms with E-state index in [9.17, 15) is 9.59 Å². The van der Waals surface area contributed by atoms with Crippen molar-refractivity contribution < 1.29 is 19.4 Å². The summed E-state index contributed by atoms with van der Waals surface area (Å²) in [6, 6.07) is -0.576. The third-order valence-corrected chi connectivity index (χ3v) is 3.34. The number of hydrogen-bond acceptors (Lipinski definition) is 3. The maximum Gasteiger partial charge on any atom is 0.405 e. The minimum absolute atomic E-state index is 0.102. The fourth-order valence-electron chi connectivity index (χ4n) is 2.41. The summed E-state index contributed by atoms with van der Waals surface area (Å²) in [6.07, 6.45) is 3.74. The molecule has 2 fully saturated rings. The Labute approximate surface area is 94.2 Å². The zero-order valence-electron chi connectivity index (χ0n) is 9.15. The van der Waals surface area contributed by atoms with Crippen LogP contribution in [0.5, 0.6) is 0 Å². The van der Waals surface area contributed by atoms with Crippen LogP contribution in [0.2, 0.25) is 0 Å². The zero-order chi connectivity index (χ0) is 11.5. The van der Waals surface area contributed by atoms with Crippen LogP contribution in [0.4, 0.5) is 4.79 Å². The topological polar surface area (TPSA) is 78.9 Å². The molecule has 1 aliphatic carbocycles. The highest BCUT2D eigenvalue weighted by molar-refractivity contribution is 5.92. The number of carboxylic acid groups (broad SMARTS) is 1. The molecule has 0 spiro atoms. The molecule has 16 heavy (non-hydrogen) atoms. The molecule has 0 unspecified atom stereocenters. The van der Waals surface area contributed by atoms with Gasteiger partial charge in [-0.1, -0.05) is 25.7 Å². The molecule has 0 bridgehead atoms. The Balaban J connectivity index is 1.89. The first kappa shape index (κ1) is 11.4. The number of ketones is 1. The van der Waals surface area contributed by atoms with Gasteiger partial charge in [0, 0.05) is 0 Å². The highest BCUT2D eigenvalue weighted by Crippen LogP contribution is 2.29. The summed E-state index contributed by atoms with van der Waals surface area (Å²) in [4.78, 5) is 22.4. The maximum absolute atomic E-state index is 11.8. The molecule has 1 aliphatic heterocycles. The van der Waals surface area contributed by atoms with E-state index in [1.165, 1.54) is 12.8 Å². The van der Waals surface area contributed by atoms with Crippen molar-refractivity contribution in [2.45, 2.75) is 44.2 Å². The number of ether oxygens (including phenoxy) is 1. The molecule has 0 radical (unpaired) electrons. The molecule has 2 aliphatic rings. The molecule has 5 heteroatoms. The van der Waals surface area contributed by atoms with Crippen LogP contribution in [0, 0.1) is 5.92 Å². The number of amides is 1. The molecule has 1 heterocycles. The first-order valence-corrected chi connectivity index (χ1v) is 5.81. The second kappa shape index (κ2) is 4.82. The monoisotopic (exact) mass is 227 g/mol. The number of hydrogen-bond donors (Lipinski definition) is 2. The number of nitrogens with one attached hydrogen (secondary N) is 1. The Bertz CT molecular complexity index is 282. The Morgan fingerprint density at radius 2 is 2.00 bits per heavy atom. The van der Waals surface area contributed by atoms with Gasteiger partial charge in [0.25, 0.3) is 0 Å². The number of epoxide rings is 1. The van der Waals surface area contributed by atoms with Gasteiger partial charge < -0.3 is 15.2 Å². The molecule has 5 nitrogen and oxygen atoms in total. The van der Waals surface area contributed by atoms with Gasteiger partial charge in [0.2, 0.25) is 0 Å². The summed E-state index contributed by atoms with van der Waals surface area (Å²) < 4.78 is 4.91. The highest BCUT2D eigenvalue weighted by Gasteiger charge is 2.38. The summed E-state index contributed by atoms with van der Waals surface area (Å²) in [7, 11) is 0. The van der Waals surface area contributed by atoms with Crippen molar-refractivity contribution in [3.63, 3.8) is 0 Å². The number of rotatable bonds is 5. The van der Waals surface area contributed by atoms with Gasteiger partial charge in [-0.2, -0.15) is 0 Å². The van der Waals surface area contributed by atoms with Gasteiger partial charge in [0.15, 0.2) is 5.78 Å². The van der Waals surface area contributed by atoms with Crippen LogP contribution < -0.4 is 5.32 Å². The lowest BCUT2D eigenvalue weighted by Gasteiger charge is -2.18. The van der Waals surface area contributed by atoms with Crippen LogP contribution in [0.3, 0.4) is 0 Å². The van der Waals surface area contributed by atoms with Crippen LogP contribution in [-0.4, -0.2) is 35.7 Å². The Kier molecular flexibility index (Phi) is 3.43. The van der Waals surface area contributed by atoms with E-state index in [0.717, 1.165) is 12.8 Å². The number of carbonyl (C=O) groups excluding carboxylic acids is 1. The molecule has 1 amide bonds. The van der Waals surface area contributed by atoms with Crippen molar-refractivity contribution in [1.29, 1.82) is 0 Å². The SMILES string of the molecule is O=C(O)N[C@@H](CC1CCCC1)C(=O)[C@H]1CO1. The lowest BCUT2D eigenvalue weighted by atomic mass is 9.95. The van der Waals surface area contributed by atoms with E-state index < -0.39 is 12.1 Å². The average molecular weight is 227 g/mol. The van der Waals surface area contributed by atoms with E-state index >= 15 is 0 Å². The van der Waals surface area contributed by atoms with Crippen molar-refractivity contribution in [2.75, 3.05) is 6.61 Å². The highest BCUT2D eigenvalue weighted by atomic mass is 16.6. The second-order valence-electron chi connectivity index (χ2n) is 4.61. The summed E-state index contributed by atoms with van der Waals surface area (Å²) >= 11 is 0. The molecule has 0 aromatic carbocycles. The van der Waals surface area contributed by atoms with Crippen LogP contribution in [0.25, 0.3) is 0 Å². The smallest absolute Gasteiger partial charge is 0.405 e. The predicted molar refractivity (Wildman–Crippen MR) is 56.3 cm³/mol. The van der Waals surface area contributed by atoms with E-state index in [4.69, 9.17) is 9.84 Å². The molecule has 0 aromatic rings.